The Morgan fingerprint density at radius 2 is 1.96 bits per heavy atom. The minimum Gasteiger partial charge on any atom is -0.279 e. The second-order valence-electron chi connectivity index (χ2n) is 5.65. The van der Waals surface area contributed by atoms with E-state index in [0.29, 0.717) is 5.69 Å². The third-order valence-corrected chi connectivity index (χ3v) is 4.39. The smallest absolute Gasteiger partial charge is 0.271 e. The zero-order chi connectivity index (χ0) is 18.7. The number of nitro benzene ring substituents is 1. The van der Waals surface area contributed by atoms with Gasteiger partial charge in [-0.3, -0.25) is 15.5 Å². The maximum Gasteiger partial charge on any atom is 0.271 e. The predicted molar refractivity (Wildman–Crippen MR) is 105 cm³/mol. The fraction of sp³-hybridized carbons (Fsp3) is 0.111. The molecule has 0 aliphatic heterocycles. The van der Waals surface area contributed by atoms with Crippen molar-refractivity contribution in [1.29, 1.82) is 0 Å². The molecule has 8 heteroatoms. The van der Waals surface area contributed by atoms with E-state index in [4.69, 9.17) is 0 Å². The lowest BCUT2D eigenvalue weighted by Gasteiger charge is -2.04. The molecule has 0 fully saturated rings. The van der Waals surface area contributed by atoms with Crippen LogP contribution in [0, 0.1) is 24.0 Å². The molecule has 1 aromatic heterocycles. The highest BCUT2D eigenvalue weighted by Crippen LogP contribution is 2.20. The molecule has 26 heavy (non-hydrogen) atoms. The molecule has 0 radical (unpaired) electrons. The van der Waals surface area contributed by atoms with Crippen molar-refractivity contribution in [3.05, 3.63) is 80.1 Å². The van der Waals surface area contributed by atoms with Gasteiger partial charge >= 0.3 is 0 Å². The number of nitrogens with one attached hydrogen (secondary N) is 1. The molecule has 0 aliphatic rings. The van der Waals surface area contributed by atoms with Gasteiger partial charge in [-0.05, 0) is 44.2 Å². The summed E-state index contributed by atoms with van der Waals surface area (Å²) in [5, 5.41) is 19.7. The zero-order valence-electron chi connectivity index (χ0n) is 14.2. The SMILES string of the molecule is Cc1nn(-c2cccc([N+](=O)[O-])c2)c(C)c1/C=N/Nc1ccc(Br)cc1. The largest absolute Gasteiger partial charge is 0.279 e. The van der Waals surface area contributed by atoms with Gasteiger partial charge in [-0.2, -0.15) is 10.2 Å². The Kier molecular flexibility index (Phi) is 5.13. The third-order valence-electron chi connectivity index (χ3n) is 3.86. The van der Waals surface area contributed by atoms with Crippen LogP contribution in [-0.4, -0.2) is 20.9 Å². The fourth-order valence-corrected chi connectivity index (χ4v) is 2.79. The lowest BCUT2D eigenvalue weighted by Crippen LogP contribution is -2.00. The molecule has 0 saturated carbocycles. The monoisotopic (exact) mass is 413 g/mol. The Hall–Kier alpha value is -3.00. The molecule has 0 aliphatic carbocycles. The Bertz CT molecular complexity index is 980. The van der Waals surface area contributed by atoms with Gasteiger partial charge in [-0.25, -0.2) is 4.68 Å². The molecule has 0 saturated heterocycles. The molecule has 132 valence electrons. The number of benzene rings is 2. The molecule has 1 N–H and O–H groups in total. The lowest BCUT2D eigenvalue weighted by atomic mass is 10.2. The number of halogens is 1. The third kappa shape index (κ3) is 3.80. The van der Waals surface area contributed by atoms with Crippen LogP contribution in [0.15, 0.2) is 58.1 Å². The highest BCUT2D eigenvalue weighted by Gasteiger charge is 2.13. The van der Waals surface area contributed by atoms with Gasteiger partial charge in [0.05, 0.1) is 33.9 Å². The molecule has 0 atom stereocenters. The van der Waals surface area contributed by atoms with Crippen molar-refractivity contribution in [2.24, 2.45) is 5.10 Å². The number of nitrogens with zero attached hydrogens (tertiary/aromatic N) is 4. The first-order chi connectivity index (χ1) is 12.5. The molecule has 0 unspecified atom stereocenters. The van der Waals surface area contributed by atoms with Gasteiger partial charge in [-0.15, -0.1) is 0 Å². The van der Waals surface area contributed by atoms with Crippen LogP contribution in [0.3, 0.4) is 0 Å². The van der Waals surface area contributed by atoms with Crippen LogP contribution in [0.25, 0.3) is 5.69 Å². The quantitative estimate of drug-likeness (QED) is 0.376. The first-order valence-corrected chi connectivity index (χ1v) is 8.60. The van der Waals surface area contributed by atoms with E-state index in [1.807, 2.05) is 38.1 Å². The summed E-state index contributed by atoms with van der Waals surface area (Å²) in [5.74, 6) is 0. The van der Waals surface area contributed by atoms with E-state index >= 15 is 0 Å². The van der Waals surface area contributed by atoms with E-state index in [-0.39, 0.29) is 5.69 Å². The van der Waals surface area contributed by atoms with Crippen molar-refractivity contribution in [1.82, 2.24) is 9.78 Å². The fourth-order valence-electron chi connectivity index (χ4n) is 2.53. The Labute approximate surface area is 158 Å². The van der Waals surface area contributed by atoms with Gasteiger partial charge in [0.1, 0.15) is 0 Å². The van der Waals surface area contributed by atoms with Gasteiger partial charge in [-0.1, -0.05) is 22.0 Å². The molecule has 0 spiro atoms. The Morgan fingerprint density at radius 1 is 1.23 bits per heavy atom. The topological polar surface area (TPSA) is 85.3 Å². The Balaban J connectivity index is 1.86. The summed E-state index contributed by atoms with van der Waals surface area (Å²) in [6.07, 6.45) is 1.70. The van der Waals surface area contributed by atoms with Crippen molar-refractivity contribution in [3.63, 3.8) is 0 Å². The van der Waals surface area contributed by atoms with E-state index in [2.05, 4.69) is 31.6 Å². The van der Waals surface area contributed by atoms with Crippen LogP contribution in [0.5, 0.6) is 0 Å². The highest BCUT2D eigenvalue weighted by molar-refractivity contribution is 9.10. The normalized spacial score (nSPS) is 11.0. The number of anilines is 1. The number of hydrogen-bond donors (Lipinski definition) is 1. The van der Waals surface area contributed by atoms with Gasteiger partial charge < -0.3 is 0 Å². The maximum absolute atomic E-state index is 11.0. The summed E-state index contributed by atoms with van der Waals surface area (Å²) >= 11 is 3.39. The number of nitro groups is 1. The van der Waals surface area contributed by atoms with Crippen LogP contribution in [0.4, 0.5) is 11.4 Å². The van der Waals surface area contributed by atoms with Crippen LogP contribution in [0.1, 0.15) is 17.0 Å². The van der Waals surface area contributed by atoms with Crippen molar-refractivity contribution in [2.45, 2.75) is 13.8 Å². The van der Waals surface area contributed by atoms with Gasteiger partial charge in [0.25, 0.3) is 5.69 Å². The van der Waals surface area contributed by atoms with E-state index in [1.54, 1.807) is 23.0 Å². The number of non-ortho nitro benzene ring substituents is 1. The molecular formula is C18H16BrN5O2. The Morgan fingerprint density at radius 3 is 2.65 bits per heavy atom. The number of rotatable bonds is 5. The van der Waals surface area contributed by atoms with Crippen molar-refractivity contribution < 1.29 is 4.92 Å². The molecule has 3 aromatic rings. The molecule has 1 heterocycles. The summed E-state index contributed by atoms with van der Waals surface area (Å²) < 4.78 is 2.68. The van der Waals surface area contributed by atoms with Gasteiger partial charge in [0.2, 0.25) is 0 Å². The minimum absolute atomic E-state index is 0.0298. The van der Waals surface area contributed by atoms with Crippen LogP contribution in [-0.2, 0) is 0 Å². The number of aromatic nitrogens is 2. The summed E-state index contributed by atoms with van der Waals surface area (Å²) in [6, 6.07) is 14.1. The molecule has 7 nitrogen and oxygen atoms in total. The summed E-state index contributed by atoms with van der Waals surface area (Å²) in [7, 11) is 0. The second kappa shape index (κ2) is 7.49. The lowest BCUT2D eigenvalue weighted by molar-refractivity contribution is -0.384. The molecule has 0 bridgehead atoms. The van der Waals surface area contributed by atoms with Crippen LogP contribution < -0.4 is 5.43 Å². The number of aryl methyl sites for hydroxylation is 1. The molecular weight excluding hydrogens is 398 g/mol. The molecule has 0 amide bonds. The number of hydrazone groups is 1. The van der Waals surface area contributed by atoms with E-state index < -0.39 is 4.92 Å². The standard InChI is InChI=1S/C18H16BrN5O2/c1-12-18(11-20-21-15-8-6-14(19)7-9-15)13(2)23(22-12)16-4-3-5-17(10-16)24(25)26/h3-11,21H,1-2H3/b20-11+. The van der Waals surface area contributed by atoms with Crippen molar-refractivity contribution in [2.75, 3.05) is 5.43 Å². The average Bonchev–Trinajstić information content (AvgIpc) is 2.91. The van der Waals surface area contributed by atoms with Gasteiger partial charge in [0.15, 0.2) is 0 Å². The van der Waals surface area contributed by atoms with Crippen LogP contribution >= 0.6 is 15.9 Å². The summed E-state index contributed by atoms with van der Waals surface area (Å²) in [5.41, 5.74) is 7.01. The number of hydrogen-bond acceptors (Lipinski definition) is 5. The van der Waals surface area contributed by atoms with Crippen molar-refractivity contribution >= 4 is 33.5 Å². The maximum atomic E-state index is 11.0. The highest BCUT2D eigenvalue weighted by atomic mass is 79.9. The van der Waals surface area contributed by atoms with E-state index in [0.717, 1.165) is 27.1 Å². The first-order valence-electron chi connectivity index (χ1n) is 7.81. The minimum atomic E-state index is -0.417. The van der Waals surface area contributed by atoms with Crippen LogP contribution in [0.2, 0.25) is 0 Å². The summed E-state index contributed by atoms with van der Waals surface area (Å²) in [6.45, 7) is 3.78. The molecule has 3 rings (SSSR count). The van der Waals surface area contributed by atoms with E-state index in [9.17, 15) is 10.1 Å². The van der Waals surface area contributed by atoms with E-state index in [1.165, 1.54) is 12.1 Å². The first kappa shape index (κ1) is 17.8. The second-order valence-corrected chi connectivity index (χ2v) is 6.57. The zero-order valence-corrected chi connectivity index (χ0v) is 15.8. The molecule has 2 aromatic carbocycles. The van der Waals surface area contributed by atoms with Gasteiger partial charge in [0, 0.05) is 22.2 Å². The predicted octanol–water partition coefficient (Wildman–Crippen LogP) is 4.61. The van der Waals surface area contributed by atoms with Crippen molar-refractivity contribution in [3.8, 4) is 5.69 Å². The summed E-state index contributed by atoms with van der Waals surface area (Å²) in [4.78, 5) is 10.6. The average molecular weight is 414 g/mol.